The van der Waals surface area contributed by atoms with E-state index < -0.39 is 11.0 Å². The Balaban J connectivity index is 2.87. The van der Waals surface area contributed by atoms with Gasteiger partial charge in [0.2, 0.25) is 5.91 Å². The Morgan fingerprint density at radius 2 is 1.90 bits per heavy atom. The molecule has 0 aromatic carbocycles. The Kier molecular flexibility index (Phi) is 6.01. The molecule has 0 aromatic rings. The normalized spacial score (nSPS) is 24.1. The molecule has 0 aliphatic carbocycles. The number of carbonyl (C=O) groups is 1. The number of aliphatic hydroxyl groups is 1. The fourth-order valence-corrected chi connectivity index (χ4v) is 3.12. The van der Waals surface area contributed by atoms with Gasteiger partial charge in [0, 0.05) is 13.1 Å². The molecule has 114 valence electrons. The van der Waals surface area contributed by atoms with Crippen LogP contribution >= 0.6 is 0 Å². The SMILES string of the molecule is CCCC(C#N)(CCC)C(=O)N1CCCC(C)(O)CC1. The topological polar surface area (TPSA) is 64.3 Å². The summed E-state index contributed by atoms with van der Waals surface area (Å²) in [6.45, 7) is 7.08. The molecule has 1 fully saturated rings. The number of likely N-dealkylation sites (tertiary alicyclic amines) is 1. The smallest absolute Gasteiger partial charge is 0.243 e. The minimum Gasteiger partial charge on any atom is -0.390 e. The largest absolute Gasteiger partial charge is 0.390 e. The quantitative estimate of drug-likeness (QED) is 0.842. The van der Waals surface area contributed by atoms with Crippen molar-refractivity contribution in [2.45, 2.75) is 71.3 Å². The predicted molar refractivity (Wildman–Crippen MR) is 78.9 cm³/mol. The highest BCUT2D eigenvalue weighted by Gasteiger charge is 2.41. The van der Waals surface area contributed by atoms with Gasteiger partial charge in [-0.05, 0) is 39.0 Å². The molecule has 1 rings (SSSR count). The maximum atomic E-state index is 12.8. The molecular formula is C16H28N2O2. The Bertz CT molecular complexity index is 365. The van der Waals surface area contributed by atoms with Crippen LogP contribution in [0.4, 0.5) is 0 Å². The van der Waals surface area contributed by atoms with E-state index in [9.17, 15) is 15.2 Å². The Morgan fingerprint density at radius 3 is 2.40 bits per heavy atom. The summed E-state index contributed by atoms with van der Waals surface area (Å²) < 4.78 is 0. The number of hydrogen-bond acceptors (Lipinski definition) is 3. The van der Waals surface area contributed by atoms with Crippen molar-refractivity contribution in [1.82, 2.24) is 4.90 Å². The first-order valence-corrected chi connectivity index (χ1v) is 7.84. The number of nitriles is 1. The van der Waals surface area contributed by atoms with E-state index in [1.807, 2.05) is 20.8 Å². The van der Waals surface area contributed by atoms with Crippen molar-refractivity contribution in [1.29, 1.82) is 5.26 Å². The number of carbonyl (C=O) groups excluding carboxylic acids is 1. The number of nitrogens with zero attached hydrogens (tertiary/aromatic N) is 2. The van der Waals surface area contributed by atoms with Gasteiger partial charge >= 0.3 is 0 Å². The molecule has 0 radical (unpaired) electrons. The van der Waals surface area contributed by atoms with E-state index in [0.717, 1.165) is 25.7 Å². The summed E-state index contributed by atoms with van der Waals surface area (Å²) in [7, 11) is 0. The molecule has 0 saturated carbocycles. The Hall–Kier alpha value is -1.08. The molecule has 0 aromatic heterocycles. The number of rotatable bonds is 5. The van der Waals surface area contributed by atoms with Crippen LogP contribution in [0.1, 0.15) is 65.7 Å². The highest BCUT2D eigenvalue weighted by molar-refractivity contribution is 5.85. The summed E-state index contributed by atoms with van der Waals surface area (Å²) in [5, 5.41) is 19.7. The highest BCUT2D eigenvalue weighted by Crippen LogP contribution is 2.33. The highest BCUT2D eigenvalue weighted by atomic mass is 16.3. The van der Waals surface area contributed by atoms with Crippen LogP contribution in [0.2, 0.25) is 0 Å². The van der Waals surface area contributed by atoms with Gasteiger partial charge in [-0.3, -0.25) is 4.79 Å². The first kappa shape index (κ1) is 17.0. The van der Waals surface area contributed by atoms with Crippen LogP contribution in [0, 0.1) is 16.7 Å². The predicted octanol–water partition coefficient (Wildman–Crippen LogP) is 2.86. The molecule has 1 amide bonds. The van der Waals surface area contributed by atoms with Crippen molar-refractivity contribution in [2.24, 2.45) is 5.41 Å². The van der Waals surface area contributed by atoms with Gasteiger partial charge in [0.15, 0.2) is 0 Å². The molecule has 1 N–H and O–H groups in total. The van der Waals surface area contributed by atoms with Gasteiger partial charge in [0.1, 0.15) is 5.41 Å². The average Bonchev–Trinajstić information content (AvgIpc) is 2.58. The van der Waals surface area contributed by atoms with Crippen LogP contribution in [-0.2, 0) is 4.79 Å². The molecule has 1 atom stereocenters. The minimum atomic E-state index is -0.861. The maximum absolute atomic E-state index is 12.8. The van der Waals surface area contributed by atoms with Gasteiger partial charge in [-0.1, -0.05) is 26.7 Å². The second-order valence-electron chi connectivity index (χ2n) is 6.34. The van der Waals surface area contributed by atoms with E-state index in [-0.39, 0.29) is 5.91 Å². The number of amides is 1. The fraction of sp³-hybridized carbons (Fsp3) is 0.875. The Morgan fingerprint density at radius 1 is 1.30 bits per heavy atom. The van der Waals surface area contributed by atoms with E-state index in [4.69, 9.17) is 0 Å². The zero-order valence-corrected chi connectivity index (χ0v) is 13.1. The van der Waals surface area contributed by atoms with Crippen LogP contribution in [0.5, 0.6) is 0 Å². The van der Waals surface area contributed by atoms with E-state index >= 15 is 0 Å². The van der Waals surface area contributed by atoms with Crippen molar-refractivity contribution in [3.05, 3.63) is 0 Å². The number of hydrogen-bond donors (Lipinski definition) is 1. The third-order valence-electron chi connectivity index (χ3n) is 4.33. The lowest BCUT2D eigenvalue weighted by Crippen LogP contribution is -2.44. The monoisotopic (exact) mass is 280 g/mol. The second kappa shape index (κ2) is 7.08. The van der Waals surface area contributed by atoms with Gasteiger partial charge in [0.25, 0.3) is 0 Å². The Labute approximate surface area is 122 Å². The molecule has 1 aliphatic heterocycles. The standard InChI is InChI=1S/C16H28N2O2/c1-4-7-16(13-17,8-5-2)14(19)18-11-6-9-15(3,20)10-12-18/h20H,4-12H2,1-3H3. The van der Waals surface area contributed by atoms with Crippen LogP contribution in [0.3, 0.4) is 0 Å². The van der Waals surface area contributed by atoms with Crippen molar-refractivity contribution < 1.29 is 9.90 Å². The lowest BCUT2D eigenvalue weighted by atomic mass is 9.79. The first-order valence-electron chi connectivity index (χ1n) is 7.84. The summed E-state index contributed by atoms with van der Waals surface area (Å²) in [4.78, 5) is 14.6. The lowest BCUT2D eigenvalue weighted by molar-refractivity contribution is -0.140. The third kappa shape index (κ3) is 3.96. The van der Waals surface area contributed by atoms with E-state index in [2.05, 4.69) is 6.07 Å². The van der Waals surface area contributed by atoms with Gasteiger partial charge in [0.05, 0.1) is 11.7 Å². The summed E-state index contributed by atoms with van der Waals surface area (Å²) >= 11 is 0. The van der Waals surface area contributed by atoms with Gasteiger partial charge in [-0.25, -0.2) is 0 Å². The van der Waals surface area contributed by atoms with E-state index in [1.54, 1.807) is 4.90 Å². The summed E-state index contributed by atoms with van der Waals surface area (Å²) in [6.07, 6.45) is 5.05. The maximum Gasteiger partial charge on any atom is 0.243 e. The molecule has 0 bridgehead atoms. The molecule has 0 spiro atoms. The van der Waals surface area contributed by atoms with Gasteiger partial charge in [-0.15, -0.1) is 0 Å². The van der Waals surface area contributed by atoms with Gasteiger partial charge in [-0.2, -0.15) is 5.26 Å². The van der Waals surface area contributed by atoms with Crippen molar-refractivity contribution in [3.8, 4) is 6.07 Å². The molecule has 1 saturated heterocycles. The van der Waals surface area contributed by atoms with Crippen molar-refractivity contribution in [2.75, 3.05) is 13.1 Å². The molecule has 1 aliphatic rings. The molecule has 4 nitrogen and oxygen atoms in total. The summed E-state index contributed by atoms with van der Waals surface area (Å²) in [6, 6.07) is 2.30. The van der Waals surface area contributed by atoms with Crippen LogP contribution in [0.25, 0.3) is 0 Å². The molecule has 1 heterocycles. The van der Waals surface area contributed by atoms with Crippen molar-refractivity contribution >= 4 is 5.91 Å². The van der Waals surface area contributed by atoms with Crippen LogP contribution < -0.4 is 0 Å². The fourth-order valence-electron chi connectivity index (χ4n) is 3.12. The first-order chi connectivity index (χ1) is 9.40. The second-order valence-corrected chi connectivity index (χ2v) is 6.34. The van der Waals surface area contributed by atoms with Crippen molar-refractivity contribution in [3.63, 3.8) is 0 Å². The average molecular weight is 280 g/mol. The summed E-state index contributed by atoms with van der Waals surface area (Å²) in [5.41, 5.74) is -1.54. The molecule has 1 unspecified atom stereocenters. The van der Waals surface area contributed by atoms with E-state index in [0.29, 0.717) is 32.4 Å². The molecule has 4 heteroatoms. The van der Waals surface area contributed by atoms with Gasteiger partial charge < -0.3 is 10.0 Å². The van der Waals surface area contributed by atoms with Crippen LogP contribution in [0.15, 0.2) is 0 Å². The lowest BCUT2D eigenvalue weighted by Gasteiger charge is -2.32. The van der Waals surface area contributed by atoms with E-state index in [1.165, 1.54) is 0 Å². The summed E-state index contributed by atoms with van der Waals surface area (Å²) in [5.74, 6) is -0.0265. The zero-order valence-electron chi connectivity index (χ0n) is 13.1. The zero-order chi connectivity index (χ0) is 15.2. The third-order valence-corrected chi connectivity index (χ3v) is 4.33. The van der Waals surface area contributed by atoms with Crippen LogP contribution in [-0.4, -0.2) is 34.6 Å². The minimum absolute atomic E-state index is 0.0265. The molecular weight excluding hydrogens is 252 g/mol. The molecule has 20 heavy (non-hydrogen) atoms.